The maximum atomic E-state index is 9.67. The van der Waals surface area contributed by atoms with E-state index in [-0.39, 0.29) is 5.75 Å². The Bertz CT molecular complexity index is 817. The molecule has 0 aliphatic carbocycles. The van der Waals surface area contributed by atoms with E-state index in [9.17, 15) is 5.11 Å². The van der Waals surface area contributed by atoms with Gasteiger partial charge in [0.05, 0.1) is 17.4 Å². The van der Waals surface area contributed by atoms with Gasteiger partial charge < -0.3 is 5.11 Å². The predicted molar refractivity (Wildman–Crippen MR) is 86.1 cm³/mol. The summed E-state index contributed by atoms with van der Waals surface area (Å²) in [5.41, 5.74) is 5.22. The SMILES string of the molecule is Oc1ccccc1/C=N/Nc1ccnc2cc(Cl)ccc12. The normalized spacial score (nSPS) is 11.1. The standard InChI is InChI=1S/C16H12ClN3O/c17-12-5-6-13-14(7-8-18-15(13)9-12)20-19-10-11-3-1-2-4-16(11)21/h1-10,21H,(H,18,20)/b19-10+. The van der Waals surface area contributed by atoms with Crippen molar-refractivity contribution in [3.63, 3.8) is 0 Å². The van der Waals surface area contributed by atoms with Gasteiger partial charge in [-0.1, -0.05) is 23.7 Å². The van der Waals surface area contributed by atoms with Gasteiger partial charge in [-0.3, -0.25) is 10.4 Å². The summed E-state index contributed by atoms with van der Waals surface area (Å²) < 4.78 is 0. The Balaban J connectivity index is 1.87. The smallest absolute Gasteiger partial charge is 0.124 e. The monoisotopic (exact) mass is 297 g/mol. The van der Waals surface area contributed by atoms with Crippen molar-refractivity contribution in [1.29, 1.82) is 0 Å². The van der Waals surface area contributed by atoms with E-state index < -0.39 is 0 Å². The zero-order valence-electron chi connectivity index (χ0n) is 11.0. The quantitative estimate of drug-likeness (QED) is 0.566. The van der Waals surface area contributed by atoms with Crippen LogP contribution in [0.4, 0.5) is 5.69 Å². The molecule has 5 heteroatoms. The third kappa shape index (κ3) is 2.95. The van der Waals surface area contributed by atoms with E-state index in [1.807, 2.05) is 24.3 Å². The van der Waals surface area contributed by atoms with E-state index >= 15 is 0 Å². The highest BCUT2D eigenvalue weighted by molar-refractivity contribution is 6.31. The molecular formula is C16H12ClN3O. The molecular weight excluding hydrogens is 286 g/mol. The summed E-state index contributed by atoms with van der Waals surface area (Å²) in [6.45, 7) is 0. The van der Waals surface area contributed by atoms with Crippen molar-refractivity contribution in [2.75, 3.05) is 5.43 Å². The fourth-order valence-electron chi connectivity index (χ4n) is 1.99. The number of benzene rings is 2. The maximum absolute atomic E-state index is 9.67. The van der Waals surface area contributed by atoms with Crippen LogP contribution in [0.1, 0.15) is 5.56 Å². The number of hydrogen-bond donors (Lipinski definition) is 2. The summed E-state index contributed by atoms with van der Waals surface area (Å²) in [5, 5.41) is 15.4. The molecule has 0 aliphatic heterocycles. The molecule has 1 aromatic heterocycles. The van der Waals surface area contributed by atoms with Gasteiger partial charge in [-0.2, -0.15) is 5.10 Å². The van der Waals surface area contributed by atoms with E-state index in [2.05, 4.69) is 15.5 Å². The van der Waals surface area contributed by atoms with E-state index in [0.29, 0.717) is 10.6 Å². The molecule has 0 bridgehead atoms. The summed E-state index contributed by atoms with van der Waals surface area (Å²) in [4.78, 5) is 4.27. The minimum atomic E-state index is 0.189. The fraction of sp³-hybridized carbons (Fsp3) is 0. The van der Waals surface area contributed by atoms with Crippen LogP contribution < -0.4 is 5.43 Å². The van der Waals surface area contributed by atoms with Gasteiger partial charge in [0.1, 0.15) is 5.75 Å². The number of fused-ring (bicyclic) bond motifs is 1. The summed E-state index contributed by atoms with van der Waals surface area (Å²) in [7, 11) is 0. The zero-order chi connectivity index (χ0) is 14.7. The van der Waals surface area contributed by atoms with Gasteiger partial charge in [-0.05, 0) is 36.4 Å². The third-order valence-electron chi connectivity index (χ3n) is 3.03. The minimum Gasteiger partial charge on any atom is -0.507 e. The molecule has 2 N–H and O–H groups in total. The second-order valence-electron chi connectivity index (χ2n) is 4.45. The van der Waals surface area contributed by atoms with Gasteiger partial charge in [0.2, 0.25) is 0 Å². The van der Waals surface area contributed by atoms with Gasteiger partial charge in [0.25, 0.3) is 0 Å². The Morgan fingerprint density at radius 1 is 1.14 bits per heavy atom. The first-order valence-corrected chi connectivity index (χ1v) is 6.73. The number of phenols is 1. The zero-order valence-corrected chi connectivity index (χ0v) is 11.7. The predicted octanol–water partition coefficient (Wildman–Crippen LogP) is 4.04. The third-order valence-corrected chi connectivity index (χ3v) is 3.27. The number of pyridine rings is 1. The number of nitrogens with zero attached hydrogens (tertiary/aromatic N) is 2. The number of para-hydroxylation sites is 1. The summed E-state index contributed by atoms with van der Waals surface area (Å²) in [5.74, 6) is 0.189. The number of nitrogens with one attached hydrogen (secondary N) is 1. The van der Waals surface area contributed by atoms with Crippen LogP contribution in [0.5, 0.6) is 5.75 Å². The van der Waals surface area contributed by atoms with Crippen molar-refractivity contribution in [3.8, 4) is 5.75 Å². The number of rotatable bonds is 3. The van der Waals surface area contributed by atoms with Gasteiger partial charge in [-0.25, -0.2) is 0 Å². The molecule has 0 amide bonds. The van der Waals surface area contributed by atoms with Crippen molar-refractivity contribution in [2.45, 2.75) is 0 Å². The Morgan fingerprint density at radius 3 is 2.86 bits per heavy atom. The maximum Gasteiger partial charge on any atom is 0.124 e. The van der Waals surface area contributed by atoms with Crippen molar-refractivity contribution in [3.05, 3.63) is 65.3 Å². The van der Waals surface area contributed by atoms with Crippen LogP contribution in [0.3, 0.4) is 0 Å². The molecule has 0 saturated carbocycles. The molecule has 3 rings (SSSR count). The second kappa shape index (κ2) is 5.81. The lowest BCUT2D eigenvalue weighted by Crippen LogP contribution is -1.93. The molecule has 0 saturated heterocycles. The van der Waals surface area contributed by atoms with Crippen LogP contribution in [0.15, 0.2) is 59.8 Å². The first-order chi connectivity index (χ1) is 10.2. The lowest BCUT2D eigenvalue weighted by Gasteiger charge is -2.05. The molecule has 3 aromatic rings. The first kappa shape index (κ1) is 13.4. The molecule has 0 fully saturated rings. The topological polar surface area (TPSA) is 57.5 Å². The highest BCUT2D eigenvalue weighted by Gasteiger charge is 2.01. The summed E-state index contributed by atoms with van der Waals surface area (Å²) in [6, 6.07) is 14.3. The van der Waals surface area contributed by atoms with Crippen molar-refractivity contribution >= 4 is 34.4 Å². The molecule has 4 nitrogen and oxygen atoms in total. The number of phenolic OH excluding ortho intramolecular Hbond substituents is 1. The van der Waals surface area contributed by atoms with Crippen LogP contribution in [0.2, 0.25) is 5.02 Å². The Kier molecular flexibility index (Phi) is 3.71. The average molecular weight is 298 g/mol. The molecule has 0 unspecified atom stereocenters. The Morgan fingerprint density at radius 2 is 2.00 bits per heavy atom. The van der Waals surface area contributed by atoms with Crippen molar-refractivity contribution < 1.29 is 5.11 Å². The highest BCUT2D eigenvalue weighted by Crippen LogP contribution is 2.24. The number of aromatic nitrogens is 1. The van der Waals surface area contributed by atoms with Gasteiger partial charge in [-0.15, -0.1) is 0 Å². The molecule has 1 heterocycles. The van der Waals surface area contributed by atoms with Crippen LogP contribution in [-0.4, -0.2) is 16.3 Å². The van der Waals surface area contributed by atoms with Crippen molar-refractivity contribution in [2.24, 2.45) is 5.10 Å². The number of aromatic hydroxyl groups is 1. The summed E-state index contributed by atoms with van der Waals surface area (Å²) >= 11 is 5.96. The van der Waals surface area contributed by atoms with Crippen LogP contribution in [0.25, 0.3) is 10.9 Å². The van der Waals surface area contributed by atoms with Gasteiger partial charge in [0, 0.05) is 22.2 Å². The molecule has 0 aliphatic rings. The number of halogens is 1. The molecule has 0 atom stereocenters. The largest absolute Gasteiger partial charge is 0.507 e. The molecule has 0 spiro atoms. The molecule has 104 valence electrons. The Labute approximate surface area is 126 Å². The summed E-state index contributed by atoms with van der Waals surface area (Å²) in [6.07, 6.45) is 3.26. The lowest BCUT2D eigenvalue weighted by atomic mass is 10.2. The van der Waals surface area contributed by atoms with Gasteiger partial charge in [0.15, 0.2) is 0 Å². The lowest BCUT2D eigenvalue weighted by molar-refractivity contribution is 0.474. The first-order valence-electron chi connectivity index (χ1n) is 6.35. The van der Waals surface area contributed by atoms with E-state index in [0.717, 1.165) is 16.6 Å². The molecule has 0 radical (unpaired) electrons. The second-order valence-corrected chi connectivity index (χ2v) is 4.89. The van der Waals surface area contributed by atoms with E-state index in [1.165, 1.54) is 0 Å². The average Bonchev–Trinajstić information content (AvgIpc) is 2.49. The minimum absolute atomic E-state index is 0.189. The Hall–Kier alpha value is -2.59. The molecule has 21 heavy (non-hydrogen) atoms. The molecule has 2 aromatic carbocycles. The van der Waals surface area contributed by atoms with Crippen LogP contribution in [0, 0.1) is 0 Å². The number of anilines is 1. The van der Waals surface area contributed by atoms with Gasteiger partial charge >= 0.3 is 0 Å². The van der Waals surface area contributed by atoms with Crippen LogP contribution in [-0.2, 0) is 0 Å². The van der Waals surface area contributed by atoms with Crippen molar-refractivity contribution in [1.82, 2.24) is 4.98 Å². The van der Waals surface area contributed by atoms with E-state index in [4.69, 9.17) is 11.6 Å². The number of hydrogen-bond acceptors (Lipinski definition) is 4. The highest BCUT2D eigenvalue weighted by atomic mass is 35.5. The fourth-order valence-corrected chi connectivity index (χ4v) is 2.15. The van der Waals surface area contributed by atoms with Crippen LogP contribution >= 0.6 is 11.6 Å². The van der Waals surface area contributed by atoms with E-state index in [1.54, 1.807) is 36.7 Å². The number of hydrazone groups is 1.